The second-order valence-electron chi connectivity index (χ2n) is 6.17. The van der Waals surface area contributed by atoms with Gasteiger partial charge in [0, 0.05) is 24.0 Å². The summed E-state index contributed by atoms with van der Waals surface area (Å²) in [5, 5.41) is 0. The second kappa shape index (κ2) is 6.16. The van der Waals surface area contributed by atoms with Crippen LogP contribution in [0.4, 0.5) is 0 Å². The van der Waals surface area contributed by atoms with E-state index in [9.17, 15) is 8.42 Å². The highest BCUT2D eigenvalue weighted by atomic mass is 35.5. The molecule has 2 N–H and O–H groups in total. The Kier molecular flexibility index (Phi) is 5.05. The molecule has 0 radical (unpaired) electrons. The third-order valence-corrected chi connectivity index (χ3v) is 8.29. The van der Waals surface area contributed by atoms with Crippen LogP contribution in [0.3, 0.4) is 0 Å². The Morgan fingerprint density at radius 2 is 2.00 bits per heavy atom. The normalized spacial score (nSPS) is 30.0. The molecule has 0 amide bonds. The van der Waals surface area contributed by atoms with E-state index < -0.39 is 10.0 Å². The van der Waals surface area contributed by atoms with Gasteiger partial charge in [-0.15, -0.1) is 23.7 Å². The quantitative estimate of drug-likeness (QED) is 0.891. The monoisotopic (exact) mass is 350 g/mol. The lowest BCUT2D eigenvalue weighted by Gasteiger charge is -2.29. The van der Waals surface area contributed by atoms with E-state index in [4.69, 9.17) is 5.73 Å². The fourth-order valence-corrected chi connectivity index (χ4v) is 7.00. The Labute approximate surface area is 137 Å². The molecule has 4 nitrogen and oxygen atoms in total. The van der Waals surface area contributed by atoms with E-state index in [1.165, 1.54) is 11.3 Å². The minimum atomic E-state index is -3.33. The average molecular weight is 351 g/mol. The largest absolute Gasteiger partial charge is 0.327 e. The van der Waals surface area contributed by atoms with Crippen LogP contribution in [0, 0.1) is 25.7 Å². The summed E-state index contributed by atoms with van der Waals surface area (Å²) >= 11 is 1.38. The molecule has 21 heavy (non-hydrogen) atoms. The number of hydrogen-bond acceptors (Lipinski definition) is 4. The molecule has 1 aromatic heterocycles. The van der Waals surface area contributed by atoms with Crippen LogP contribution < -0.4 is 5.73 Å². The maximum atomic E-state index is 12.8. The summed E-state index contributed by atoms with van der Waals surface area (Å²) < 4.78 is 27.8. The van der Waals surface area contributed by atoms with Crippen molar-refractivity contribution in [1.82, 2.24) is 4.31 Å². The van der Waals surface area contributed by atoms with E-state index in [0.29, 0.717) is 29.1 Å². The summed E-state index contributed by atoms with van der Waals surface area (Å²) in [6.07, 6.45) is 3.28. The third kappa shape index (κ3) is 3.01. The zero-order chi connectivity index (χ0) is 14.5. The van der Waals surface area contributed by atoms with E-state index in [0.717, 1.165) is 29.7 Å². The van der Waals surface area contributed by atoms with Crippen molar-refractivity contribution in [2.75, 3.05) is 13.1 Å². The first kappa shape index (κ1) is 17.2. The van der Waals surface area contributed by atoms with Gasteiger partial charge in [0.15, 0.2) is 0 Å². The Hall–Kier alpha value is -0.140. The average Bonchev–Trinajstić information content (AvgIpc) is 2.94. The first-order valence-electron chi connectivity index (χ1n) is 7.22. The van der Waals surface area contributed by atoms with Crippen molar-refractivity contribution in [1.29, 1.82) is 0 Å². The van der Waals surface area contributed by atoms with E-state index >= 15 is 0 Å². The summed E-state index contributed by atoms with van der Waals surface area (Å²) in [4.78, 5) is 1.05. The van der Waals surface area contributed by atoms with Gasteiger partial charge in [-0.3, -0.25) is 0 Å². The predicted octanol–water partition coefficient (Wildman–Crippen LogP) is 2.53. The zero-order valence-corrected chi connectivity index (χ0v) is 14.9. The van der Waals surface area contributed by atoms with Crippen LogP contribution in [0.25, 0.3) is 0 Å². The Balaban J connectivity index is 0.00000161. The molecule has 3 rings (SSSR count). The number of rotatable bonds is 2. The Morgan fingerprint density at radius 1 is 1.29 bits per heavy atom. The molecule has 3 unspecified atom stereocenters. The fourth-order valence-electron chi connectivity index (χ4n) is 3.67. The van der Waals surface area contributed by atoms with Gasteiger partial charge in [0.05, 0.1) is 0 Å². The molecule has 0 bridgehead atoms. The number of fused-ring (bicyclic) bond motifs is 1. The van der Waals surface area contributed by atoms with E-state index in [1.807, 2.05) is 19.9 Å². The Bertz CT molecular complexity index is 614. The lowest BCUT2D eigenvalue weighted by molar-refractivity contribution is 0.260. The van der Waals surface area contributed by atoms with Gasteiger partial charge in [0.2, 0.25) is 0 Å². The van der Waals surface area contributed by atoms with Crippen molar-refractivity contribution in [3.05, 3.63) is 16.5 Å². The minimum absolute atomic E-state index is 0. The fraction of sp³-hybridized carbons (Fsp3) is 0.714. The molecule has 2 aliphatic rings. The molecule has 7 heteroatoms. The summed E-state index contributed by atoms with van der Waals surface area (Å²) in [5.74, 6) is 0.801. The number of thiophene rings is 1. The molecule has 1 aliphatic carbocycles. The maximum Gasteiger partial charge on any atom is 0.252 e. The molecule has 2 heterocycles. The van der Waals surface area contributed by atoms with E-state index in [2.05, 4.69) is 0 Å². The van der Waals surface area contributed by atoms with Gasteiger partial charge in [-0.25, -0.2) is 8.42 Å². The van der Waals surface area contributed by atoms with Gasteiger partial charge >= 0.3 is 0 Å². The Morgan fingerprint density at radius 3 is 2.57 bits per heavy atom. The number of halogens is 1. The van der Waals surface area contributed by atoms with Crippen LogP contribution in [0.1, 0.15) is 29.7 Å². The number of hydrogen-bond donors (Lipinski definition) is 1. The van der Waals surface area contributed by atoms with Crippen molar-refractivity contribution >= 4 is 33.8 Å². The van der Waals surface area contributed by atoms with Crippen molar-refractivity contribution in [3.63, 3.8) is 0 Å². The molecule has 1 saturated heterocycles. The molecule has 0 aromatic carbocycles. The number of nitrogens with two attached hydrogens (primary N) is 1. The molecule has 120 valence electrons. The highest BCUT2D eigenvalue weighted by molar-refractivity contribution is 7.91. The van der Waals surface area contributed by atoms with E-state index in [-0.39, 0.29) is 18.4 Å². The molecule has 0 spiro atoms. The summed E-state index contributed by atoms with van der Waals surface area (Å²) in [6.45, 7) is 5.09. The molecule has 1 saturated carbocycles. The summed E-state index contributed by atoms with van der Waals surface area (Å²) in [5.41, 5.74) is 7.05. The molecular weight excluding hydrogens is 328 g/mol. The first-order chi connectivity index (χ1) is 9.39. The van der Waals surface area contributed by atoms with Crippen LogP contribution >= 0.6 is 23.7 Å². The molecular formula is C14H23ClN2O2S2. The summed E-state index contributed by atoms with van der Waals surface area (Å²) in [6, 6.07) is 2.12. The SMILES string of the molecule is Cc1cc(C)c(S(=O)(=O)N2CC3CCCC(N)C3C2)s1.Cl. The van der Waals surface area contributed by atoms with Crippen LogP contribution in [0.5, 0.6) is 0 Å². The third-order valence-electron chi connectivity index (χ3n) is 4.69. The zero-order valence-electron chi connectivity index (χ0n) is 12.4. The smallest absolute Gasteiger partial charge is 0.252 e. The lowest BCUT2D eigenvalue weighted by Crippen LogP contribution is -2.38. The topological polar surface area (TPSA) is 63.4 Å². The highest BCUT2D eigenvalue weighted by Gasteiger charge is 2.43. The van der Waals surface area contributed by atoms with Crippen LogP contribution in [-0.2, 0) is 10.0 Å². The van der Waals surface area contributed by atoms with Gasteiger partial charge in [0.25, 0.3) is 10.0 Å². The number of sulfonamides is 1. The molecule has 3 atom stereocenters. The maximum absolute atomic E-state index is 12.8. The molecule has 1 aliphatic heterocycles. The van der Waals surface area contributed by atoms with Crippen LogP contribution in [0.2, 0.25) is 0 Å². The van der Waals surface area contributed by atoms with Gasteiger partial charge in [-0.2, -0.15) is 4.31 Å². The van der Waals surface area contributed by atoms with Crippen molar-refractivity contribution < 1.29 is 8.42 Å². The van der Waals surface area contributed by atoms with Crippen LogP contribution in [0.15, 0.2) is 10.3 Å². The minimum Gasteiger partial charge on any atom is -0.327 e. The van der Waals surface area contributed by atoms with Crippen molar-refractivity contribution in [2.45, 2.75) is 43.4 Å². The lowest BCUT2D eigenvalue weighted by atomic mass is 9.78. The van der Waals surface area contributed by atoms with Crippen molar-refractivity contribution in [2.24, 2.45) is 17.6 Å². The van der Waals surface area contributed by atoms with Gasteiger partial charge in [-0.05, 0) is 50.2 Å². The molecule has 2 fully saturated rings. The van der Waals surface area contributed by atoms with Gasteiger partial charge < -0.3 is 5.73 Å². The standard InChI is InChI=1S/C14H22N2O2S2.ClH/c1-9-6-10(2)19-14(9)20(17,18)16-7-11-4-3-5-13(15)12(11)8-16;/h6,11-13H,3-5,7-8,15H2,1-2H3;1H. The number of nitrogens with zero attached hydrogens (tertiary/aromatic N) is 1. The molecule has 1 aromatic rings. The number of aryl methyl sites for hydroxylation is 2. The van der Waals surface area contributed by atoms with Crippen molar-refractivity contribution in [3.8, 4) is 0 Å². The summed E-state index contributed by atoms with van der Waals surface area (Å²) in [7, 11) is -3.33. The first-order valence-corrected chi connectivity index (χ1v) is 9.48. The van der Waals surface area contributed by atoms with E-state index in [1.54, 1.807) is 4.31 Å². The predicted molar refractivity (Wildman–Crippen MR) is 88.6 cm³/mol. The van der Waals surface area contributed by atoms with Gasteiger partial charge in [-0.1, -0.05) is 6.42 Å². The van der Waals surface area contributed by atoms with Crippen LogP contribution in [-0.4, -0.2) is 31.9 Å². The second-order valence-corrected chi connectivity index (χ2v) is 9.56. The highest BCUT2D eigenvalue weighted by Crippen LogP contribution is 2.39. The van der Waals surface area contributed by atoms with Gasteiger partial charge in [0.1, 0.15) is 4.21 Å².